The van der Waals surface area contributed by atoms with E-state index in [1.54, 1.807) is 6.07 Å². The first-order chi connectivity index (χ1) is 10.6. The van der Waals surface area contributed by atoms with Crippen molar-refractivity contribution in [3.63, 3.8) is 0 Å². The Morgan fingerprint density at radius 3 is 2.59 bits per heavy atom. The maximum absolute atomic E-state index is 11.8. The Balaban J connectivity index is 2.03. The van der Waals surface area contributed by atoms with Gasteiger partial charge in [0.2, 0.25) is 0 Å². The molecule has 0 aliphatic carbocycles. The standard InChI is InChI=1S/C15H15N3O4/c1-22-12-7-8-13(14(9-12)18(20)21)17-15(19)16-10-11-5-3-2-4-6-11/h2-9H,10H2,1H3,(H2,16,17,19). The van der Waals surface area contributed by atoms with E-state index in [1.807, 2.05) is 30.3 Å². The van der Waals surface area contributed by atoms with Crippen LogP contribution in [0.5, 0.6) is 5.75 Å². The molecule has 2 amide bonds. The zero-order valence-corrected chi connectivity index (χ0v) is 11.9. The van der Waals surface area contributed by atoms with Crippen LogP contribution in [0, 0.1) is 10.1 Å². The number of amides is 2. The summed E-state index contributed by atoms with van der Waals surface area (Å²) in [5.74, 6) is 0.349. The molecule has 0 fully saturated rings. The minimum atomic E-state index is -0.574. The number of carbonyl (C=O) groups is 1. The van der Waals surface area contributed by atoms with E-state index in [9.17, 15) is 14.9 Å². The average molecular weight is 301 g/mol. The molecule has 0 spiro atoms. The summed E-state index contributed by atoms with van der Waals surface area (Å²) < 4.78 is 4.94. The summed E-state index contributed by atoms with van der Waals surface area (Å²) >= 11 is 0. The fraction of sp³-hybridized carbons (Fsp3) is 0.133. The summed E-state index contributed by atoms with van der Waals surface area (Å²) in [6.45, 7) is 0.330. The minimum absolute atomic E-state index is 0.108. The van der Waals surface area contributed by atoms with E-state index in [1.165, 1.54) is 19.2 Å². The summed E-state index contributed by atoms with van der Waals surface area (Å²) in [5.41, 5.74) is 0.812. The van der Waals surface area contributed by atoms with Crippen LogP contribution in [0.15, 0.2) is 48.5 Å². The predicted octanol–water partition coefficient (Wildman–Crippen LogP) is 2.93. The van der Waals surface area contributed by atoms with Crippen molar-refractivity contribution < 1.29 is 14.5 Å². The van der Waals surface area contributed by atoms with E-state index in [0.717, 1.165) is 5.56 Å². The fourth-order valence-electron chi connectivity index (χ4n) is 1.84. The topological polar surface area (TPSA) is 93.5 Å². The van der Waals surface area contributed by atoms with E-state index in [2.05, 4.69) is 10.6 Å². The van der Waals surface area contributed by atoms with Crippen molar-refractivity contribution in [1.82, 2.24) is 5.32 Å². The van der Waals surface area contributed by atoms with Gasteiger partial charge in [-0.25, -0.2) is 4.79 Å². The van der Waals surface area contributed by atoms with Crippen molar-refractivity contribution in [2.75, 3.05) is 12.4 Å². The predicted molar refractivity (Wildman–Crippen MR) is 81.9 cm³/mol. The second kappa shape index (κ2) is 7.07. The Morgan fingerprint density at radius 2 is 1.95 bits per heavy atom. The van der Waals surface area contributed by atoms with Gasteiger partial charge in [0, 0.05) is 6.54 Å². The molecule has 2 aromatic rings. The number of ether oxygens (including phenoxy) is 1. The van der Waals surface area contributed by atoms with E-state index in [4.69, 9.17) is 4.74 Å². The van der Waals surface area contributed by atoms with Crippen LogP contribution in [-0.2, 0) is 6.54 Å². The molecule has 2 aromatic carbocycles. The van der Waals surface area contributed by atoms with Crippen LogP contribution >= 0.6 is 0 Å². The third-order valence-corrected chi connectivity index (χ3v) is 2.95. The van der Waals surface area contributed by atoms with Crippen molar-refractivity contribution in [2.45, 2.75) is 6.54 Å². The third kappa shape index (κ3) is 3.95. The van der Waals surface area contributed by atoms with Gasteiger partial charge in [0.1, 0.15) is 11.4 Å². The molecular weight excluding hydrogens is 286 g/mol. The normalized spacial score (nSPS) is 9.86. The Bertz CT molecular complexity index is 674. The van der Waals surface area contributed by atoms with Gasteiger partial charge in [-0.2, -0.15) is 0 Å². The maximum Gasteiger partial charge on any atom is 0.319 e. The molecule has 0 atom stereocenters. The van der Waals surface area contributed by atoms with Crippen LogP contribution in [0.1, 0.15) is 5.56 Å². The van der Waals surface area contributed by atoms with Crippen LogP contribution in [0.4, 0.5) is 16.2 Å². The molecule has 2 rings (SSSR count). The van der Waals surface area contributed by atoms with Gasteiger partial charge in [-0.05, 0) is 17.7 Å². The smallest absolute Gasteiger partial charge is 0.319 e. The van der Waals surface area contributed by atoms with Crippen molar-refractivity contribution in [2.24, 2.45) is 0 Å². The molecule has 22 heavy (non-hydrogen) atoms. The lowest BCUT2D eigenvalue weighted by Gasteiger charge is -2.09. The molecule has 0 saturated heterocycles. The number of nitro benzene ring substituents is 1. The number of rotatable bonds is 5. The lowest BCUT2D eigenvalue weighted by molar-refractivity contribution is -0.384. The first kappa shape index (κ1) is 15.3. The molecule has 0 unspecified atom stereocenters. The second-order valence-electron chi connectivity index (χ2n) is 4.43. The number of nitrogens with zero attached hydrogens (tertiary/aromatic N) is 1. The highest BCUT2D eigenvalue weighted by Gasteiger charge is 2.17. The quantitative estimate of drug-likeness (QED) is 0.656. The summed E-state index contributed by atoms with van der Waals surface area (Å²) in [7, 11) is 1.42. The Morgan fingerprint density at radius 1 is 1.23 bits per heavy atom. The van der Waals surface area contributed by atoms with Gasteiger partial charge >= 0.3 is 6.03 Å². The van der Waals surface area contributed by atoms with Crippen LogP contribution in [-0.4, -0.2) is 18.1 Å². The number of anilines is 1. The van der Waals surface area contributed by atoms with Gasteiger partial charge in [0.25, 0.3) is 5.69 Å². The second-order valence-corrected chi connectivity index (χ2v) is 4.43. The monoisotopic (exact) mass is 301 g/mol. The molecule has 0 radical (unpaired) electrons. The first-order valence-electron chi connectivity index (χ1n) is 6.51. The molecule has 7 nitrogen and oxygen atoms in total. The van der Waals surface area contributed by atoms with Crippen LogP contribution < -0.4 is 15.4 Å². The van der Waals surface area contributed by atoms with Crippen molar-refractivity contribution >= 4 is 17.4 Å². The molecule has 114 valence electrons. The molecule has 0 bridgehead atoms. The summed E-state index contributed by atoms with van der Waals surface area (Å²) in [5, 5.41) is 16.1. The van der Waals surface area contributed by atoms with Crippen LogP contribution in [0.25, 0.3) is 0 Å². The molecule has 0 heterocycles. The Kier molecular flexibility index (Phi) is 4.92. The number of nitrogens with one attached hydrogen (secondary N) is 2. The largest absolute Gasteiger partial charge is 0.496 e. The lowest BCUT2D eigenvalue weighted by Crippen LogP contribution is -2.28. The summed E-state index contributed by atoms with van der Waals surface area (Å²) in [6.07, 6.45) is 0. The fourth-order valence-corrected chi connectivity index (χ4v) is 1.84. The number of hydrogen-bond acceptors (Lipinski definition) is 4. The zero-order valence-electron chi connectivity index (χ0n) is 11.9. The molecule has 0 aliphatic rings. The van der Waals surface area contributed by atoms with E-state index < -0.39 is 11.0 Å². The van der Waals surface area contributed by atoms with Crippen molar-refractivity contribution in [1.29, 1.82) is 0 Å². The zero-order chi connectivity index (χ0) is 15.9. The van der Waals surface area contributed by atoms with Gasteiger partial charge in [-0.15, -0.1) is 0 Å². The van der Waals surface area contributed by atoms with E-state index in [-0.39, 0.29) is 11.4 Å². The van der Waals surface area contributed by atoms with Gasteiger partial charge < -0.3 is 15.4 Å². The molecule has 0 aromatic heterocycles. The Hall–Kier alpha value is -3.09. The maximum atomic E-state index is 11.8. The highest BCUT2D eigenvalue weighted by atomic mass is 16.6. The number of methoxy groups -OCH3 is 1. The number of carbonyl (C=O) groups excluding carboxylic acids is 1. The Labute approximate surface area is 127 Å². The molecule has 2 N–H and O–H groups in total. The SMILES string of the molecule is COc1ccc(NC(=O)NCc2ccccc2)c([N+](=O)[O-])c1. The molecule has 0 aliphatic heterocycles. The number of hydrogen-bond donors (Lipinski definition) is 2. The number of nitro groups is 1. The van der Waals surface area contributed by atoms with E-state index in [0.29, 0.717) is 12.3 Å². The van der Waals surface area contributed by atoms with Gasteiger partial charge in [0.15, 0.2) is 0 Å². The highest BCUT2D eigenvalue weighted by Crippen LogP contribution is 2.28. The van der Waals surface area contributed by atoms with Gasteiger partial charge in [-0.1, -0.05) is 30.3 Å². The minimum Gasteiger partial charge on any atom is -0.496 e. The van der Waals surface area contributed by atoms with Crippen molar-refractivity contribution in [3.05, 3.63) is 64.2 Å². The van der Waals surface area contributed by atoms with Crippen molar-refractivity contribution in [3.8, 4) is 5.75 Å². The first-order valence-corrected chi connectivity index (χ1v) is 6.51. The van der Waals surface area contributed by atoms with Crippen LogP contribution in [0.2, 0.25) is 0 Å². The lowest BCUT2D eigenvalue weighted by atomic mass is 10.2. The summed E-state index contributed by atoms with van der Waals surface area (Å²) in [6, 6.07) is 13.1. The molecule has 7 heteroatoms. The highest BCUT2D eigenvalue weighted by molar-refractivity contribution is 5.91. The van der Waals surface area contributed by atoms with Gasteiger partial charge in [-0.3, -0.25) is 10.1 Å². The molecule has 0 saturated carbocycles. The molecular formula is C15H15N3O4. The third-order valence-electron chi connectivity index (χ3n) is 2.95. The van der Waals surface area contributed by atoms with E-state index >= 15 is 0 Å². The summed E-state index contributed by atoms with van der Waals surface area (Å²) in [4.78, 5) is 22.3. The average Bonchev–Trinajstić information content (AvgIpc) is 2.54. The number of benzene rings is 2. The van der Waals surface area contributed by atoms with Crippen LogP contribution in [0.3, 0.4) is 0 Å². The van der Waals surface area contributed by atoms with Gasteiger partial charge in [0.05, 0.1) is 18.1 Å². The number of urea groups is 1.